The summed E-state index contributed by atoms with van der Waals surface area (Å²) >= 11 is 0. The summed E-state index contributed by atoms with van der Waals surface area (Å²) in [6.07, 6.45) is 3.05. The van der Waals surface area contributed by atoms with Crippen LogP contribution < -0.4 is 10.5 Å². The Balaban J connectivity index is 2.47. The molecule has 2 nitrogen and oxygen atoms in total. The molecule has 74 valence electrons. The van der Waals surface area contributed by atoms with Gasteiger partial charge in [0.1, 0.15) is 5.75 Å². The van der Waals surface area contributed by atoms with Crippen molar-refractivity contribution in [2.45, 2.75) is 13.3 Å². The van der Waals surface area contributed by atoms with Crippen LogP contribution in [-0.4, -0.2) is 13.2 Å². The number of nitrogens with two attached hydrogens (primary N) is 1. The van der Waals surface area contributed by atoms with Crippen molar-refractivity contribution in [1.29, 1.82) is 0 Å². The minimum Gasteiger partial charge on any atom is -0.493 e. The summed E-state index contributed by atoms with van der Waals surface area (Å²) in [5, 5.41) is 0. The highest BCUT2D eigenvalue weighted by molar-refractivity contribution is 5.72. The molecule has 1 aliphatic heterocycles. The Morgan fingerprint density at radius 2 is 2.36 bits per heavy atom. The molecule has 0 fully saturated rings. The van der Waals surface area contributed by atoms with Gasteiger partial charge < -0.3 is 10.5 Å². The molecular formula is C12H15NO. The van der Waals surface area contributed by atoms with Crippen molar-refractivity contribution >= 4 is 5.57 Å². The van der Waals surface area contributed by atoms with Crippen molar-refractivity contribution in [2.75, 3.05) is 13.2 Å². The standard InChI is InChI=1S/C12H15NO/c1-9-2-3-12-11(8-9)10(4-6-13)5-7-14-12/h2-4,8H,5-7,13H2,1H3/b10-4-. The van der Waals surface area contributed by atoms with Crippen LogP contribution in [0.1, 0.15) is 17.5 Å². The van der Waals surface area contributed by atoms with Gasteiger partial charge in [0.2, 0.25) is 0 Å². The van der Waals surface area contributed by atoms with E-state index >= 15 is 0 Å². The van der Waals surface area contributed by atoms with Crippen molar-refractivity contribution < 1.29 is 4.74 Å². The molecule has 14 heavy (non-hydrogen) atoms. The lowest BCUT2D eigenvalue weighted by molar-refractivity contribution is 0.316. The summed E-state index contributed by atoms with van der Waals surface area (Å²) in [4.78, 5) is 0. The smallest absolute Gasteiger partial charge is 0.126 e. The molecule has 2 heteroatoms. The molecule has 0 saturated heterocycles. The third-order valence-electron chi connectivity index (χ3n) is 2.47. The first-order valence-corrected chi connectivity index (χ1v) is 4.94. The first-order valence-electron chi connectivity index (χ1n) is 4.94. The molecule has 1 heterocycles. The van der Waals surface area contributed by atoms with Crippen molar-refractivity contribution in [3.05, 3.63) is 35.4 Å². The van der Waals surface area contributed by atoms with E-state index in [1.165, 1.54) is 16.7 Å². The van der Waals surface area contributed by atoms with Crippen LogP contribution >= 0.6 is 0 Å². The third-order valence-corrected chi connectivity index (χ3v) is 2.47. The zero-order valence-electron chi connectivity index (χ0n) is 8.42. The normalized spacial score (nSPS) is 17.7. The maximum absolute atomic E-state index is 5.57. The molecule has 0 amide bonds. The molecule has 0 saturated carbocycles. The van der Waals surface area contributed by atoms with Gasteiger partial charge in [-0.15, -0.1) is 0 Å². The van der Waals surface area contributed by atoms with E-state index in [1.807, 2.05) is 6.07 Å². The molecular weight excluding hydrogens is 174 g/mol. The molecule has 2 rings (SSSR count). The van der Waals surface area contributed by atoms with Crippen LogP contribution in [0.25, 0.3) is 5.57 Å². The number of hydrogen-bond donors (Lipinski definition) is 1. The Kier molecular flexibility index (Phi) is 2.55. The molecule has 0 spiro atoms. The minimum atomic E-state index is 0.600. The molecule has 0 radical (unpaired) electrons. The molecule has 0 atom stereocenters. The Labute approximate surface area is 84.4 Å². The monoisotopic (exact) mass is 189 g/mol. The summed E-state index contributed by atoms with van der Waals surface area (Å²) in [5.74, 6) is 0.988. The lowest BCUT2D eigenvalue weighted by Crippen LogP contribution is -2.09. The van der Waals surface area contributed by atoms with Crippen LogP contribution in [0.2, 0.25) is 0 Å². The van der Waals surface area contributed by atoms with Gasteiger partial charge in [-0.25, -0.2) is 0 Å². The van der Waals surface area contributed by atoms with Crippen LogP contribution in [-0.2, 0) is 0 Å². The van der Waals surface area contributed by atoms with Crippen LogP contribution in [0.3, 0.4) is 0 Å². The van der Waals surface area contributed by atoms with E-state index in [1.54, 1.807) is 0 Å². The highest BCUT2D eigenvalue weighted by atomic mass is 16.5. The van der Waals surface area contributed by atoms with Gasteiger partial charge in [-0.05, 0) is 24.6 Å². The van der Waals surface area contributed by atoms with Gasteiger partial charge in [0, 0.05) is 18.5 Å². The first kappa shape index (κ1) is 9.28. The van der Waals surface area contributed by atoms with Gasteiger partial charge in [0.25, 0.3) is 0 Å². The summed E-state index contributed by atoms with van der Waals surface area (Å²) in [6.45, 7) is 3.46. The van der Waals surface area contributed by atoms with Gasteiger partial charge in [-0.2, -0.15) is 0 Å². The fourth-order valence-corrected chi connectivity index (χ4v) is 1.78. The summed E-state index contributed by atoms with van der Waals surface area (Å²) in [5.41, 5.74) is 9.33. The van der Waals surface area contributed by atoms with Crippen molar-refractivity contribution in [1.82, 2.24) is 0 Å². The number of fused-ring (bicyclic) bond motifs is 1. The molecule has 1 aromatic rings. The van der Waals surface area contributed by atoms with E-state index in [0.29, 0.717) is 6.54 Å². The first-order chi connectivity index (χ1) is 6.81. The van der Waals surface area contributed by atoms with Gasteiger partial charge in [-0.3, -0.25) is 0 Å². The van der Waals surface area contributed by atoms with E-state index in [-0.39, 0.29) is 0 Å². The van der Waals surface area contributed by atoms with Crippen molar-refractivity contribution in [3.63, 3.8) is 0 Å². The highest BCUT2D eigenvalue weighted by Crippen LogP contribution is 2.33. The van der Waals surface area contributed by atoms with E-state index in [0.717, 1.165) is 18.8 Å². The highest BCUT2D eigenvalue weighted by Gasteiger charge is 2.14. The maximum atomic E-state index is 5.57. The second-order valence-corrected chi connectivity index (χ2v) is 3.56. The summed E-state index contributed by atoms with van der Waals surface area (Å²) in [7, 11) is 0. The SMILES string of the molecule is Cc1ccc2c(c1)/C(=C\CN)CCO2. The van der Waals surface area contributed by atoms with Crippen molar-refractivity contribution in [2.24, 2.45) is 5.73 Å². The lowest BCUT2D eigenvalue weighted by Gasteiger charge is -2.20. The Morgan fingerprint density at radius 3 is 3.14 bits per heavy atom. The van der Waals surface area contributed by atoms with E-state index in [4.69, 9.17) is 10.5 Å². The molecule has 1 aliphatic rings. The van der Waals surface area contributed by atoms with Crippen LogP contribution in [0.15, 0.2) is 24.3 Å². The zero-order valence-corrected chi connectivity index (χ0v) is 8.42. The van der Waals surface area contributed by atoms with Gasteiger partial charge in [0.15, 0.2) is 0 Å². The van der Waals surface area contributed by atoms with E-state index < -0.39 is 0 Å². The molecule has 0 aliphatic carbocycles. The Morgan fingerprint density at radius 1 is 1.50 bits per heavy atom. The van der Waals surface area contributed by atoms with E-state index in [9.17, 15) is 0 Å². The van der Waals surface area contributed by atoms with Gasteiger partial charge in [0.05, 0.1) is 6.61 Å². The molecule has 0 bridgehead atoms. The maximum Gasteiger partial charge on any atom is 0.126 e. The van der Waals surface area contributed by atoms with Crippen molar-refractivity contribution in [3.8, 4) is 5.75 Å². The Hall–Kier alpha value is -1.28. The number of ether oxygens (including phenoxy) is 1. The average molecular weight is 189 g/mol. The fraction of sp³-hybridized carbons (Fsp3) is 0.333. The quantitative estimate of drug-likeness (QED) is 0.734. The van der Waals surface area contributed by atoms with Gasteiger partial charge >= 0.3 is 0 Å². The number of benzene rings is 1. The van der Waals surface area contributed by atoms with Gasteiger partial charge in [-0.1, -0.05) is 17.7 Å². The summed E-state index contributed by atoms with van der Waals surface area (Å²) in [6, 6.07) is 6.27. The average Bonchev–Trinajstić information content (AvgIpc) is 2.19. The molecule has 2 N–H and O–H groups in total. The lowest BCUT2D eigenvalue weighted by atomic mass is 9.98. The second kappa shape index (κ2) is 3.84. The minimum absolute atomic E-state index is 0.600. The van der Waals surface area contributed by atoms with E-state index in [2.05, 4.69) is 25.1 Å². The Bertz CT molecular complexity index is 369. The molecule has 0 aromatic heterocycles. The predicted molar refractivity (Wildman–Crippen MR) is 58.3 cm³/mol. The third kappa shape index (κ3) is 1.66. The number of aryl methyl sites for hydroxylation is 1. The number of rotatable bonds is 1. The topological polar surface area (TPSA) is 35.2 Å². The molecule has 1 aromatic carbocycles. The van der Waals surface area contributed by atoms with Crippen LogP contribution in [0, 0.1) is 6.92 Å². The van der Waals surface area contributed by atoms with Crippen LogP contribution in [0.4, 0.5) is 0 Å². The second-order valence-electron chi connectivity index (χ2n) is 3.56. The largest absolute Gasteiger partial charge is 0.493 e. The number of hydrogen-bond acceptors (Lipinski definition) is 2. The van der Waals surface area contributed by atoms with Crippen LogP contribution in [0.5, 0.6) is 5.75 Å². The predicted octanol–water partition coefficient (Wildman–Crippen LogP) is 2.12. The summed E-state index contributed by atoms with van der Waals surface area (Å²) < 4.78 is 5.57. The molecule has 0 unspecified atom stereocenters. The zero-order chi connectivity index (χ0) is 9.97. The fourth-order valence-electron chi connectivity index (χ4n) is 1.78.